The van der Waals surface area contributed by atoms with Gasteiger partial charge in [0.1, 0.15) is 5.69 Å². The Hall–Kier alpha value is -1.46. The molecule has 0 spiro atoms. The van der Waals surface area contributed by atoms with Crippen molar-refractivity contribution < 1.29 is 13.2 Å². The number of nitrogens with one attached hydrogen (secondary N) is 1. The number of nitrogens with zero attached hydrogens (tertiary/aromatic N) is 1. The molecule has 1 fully saturated rings. The molecule has 1 aromatic rings. The number of halogens is 3. The molecule has 3 nitrogen and oxygen atoms in total. The van der Waals surface area contributed by atoms with Gasteiger partial charge in [0.2, 0.25) is 0 Å². The minimum atomic E-state index is -4.45. The van der Waals surface area contributed by atoms with Gasteiger partial charge in [-0.1, -0.05) is 13.8 Å². The predicted molar refractivity (Wildman–Crippen MR) is 73.2 cm³/mol. The van der Waals surface area contributed by atoms with Crippen molar-refractivity contribution >= 4 is 11.4 Å². The van der Waals surface area contributed by atoms with Crippen LogP contribution < -0.4 is 11.1 Å². The molecule has 2 rings (SSSR count). The lowest BCUT2D eigenvalue weighted by Crippen LogP contribution is -2.30. The number of hydrogen-bond donors (Lipinski definition) is 2. The third kappa shape index (κ3) is 3.55. The summed E-state index contributed by atoms with van der Waals surface area (Å²) in [5.41, 5.74) is 5.40. The van der Waals surface area contributed by atoms with E-state index in [1.165, 1.54) is 0 Å². The quantitative estimate of drug-likeness (QED) is 0.866. The van der Waals surface area contributed by atoms with Gasteiger partial charge in [-0.25, -0.2) is 4.98 Å². The van der Waals surface area contributed by atoms with Gasteiger partial charge in [0.05, 0.1) is 17.6 Å². The summed E-state index contributed by atoms with van der Waals surface area (Å²) in [5, 5.41) is 3.16. The summed E-state index contributed by atoms with van der Waals surface area (Å²) in [6.07, 6.45) is -0.309. The van der Waals surface area contributed by atoms with Crippen molar-refractivity contribution in [3.63, 3.8) is 0 Å². The zero-order valence-electron chi connectivity index (χ0n) is 11.7. The van der Waals surface area contributed by atoms with Crippen LogP contribution in [0.2, 0.25) is 0 Å². The maximum Gasteiger partial charge on any atom is 0.433 e. The van der Waals surface area contributed by atoms with Crippen molar-refractivity contribution in [3.05, 3.63) is 18.0 Å². The van der Waals surface area contributed by atoms with Gasteiger partial charge in [-0.2, -0.15) is 13.2 Å². The molecule has 0 radical (unpaired) electrons. The molecule has 20 heavy (non-hydrogen) atoms. The average molecular weight is 287 g/mol. The van der Waals surface area contributed by atoms with Gasteiger partial charge in [-0.3, -0.25) is 0 Å². The first-order valence-corrected chi connectivity index (χ1v) is 6.85. The van der Waals surface area contributed by atoms with Crippen molar-refractivity contribution in [3.8, 4) is 0 Å². The molecule has 0 saturated heterocycles. The average Bonchev–Trinajstić information content (AvgIpc) is 2.29. The minimum Gasteiger partial charge on any atom is -0.396 e. The Morgan fingerprint density at radius 1 is 1.20 bits per heavy atom. The number of rotatable bonds is 2. The fourth-order valence-corrected chi connectivity index (χ4v) is 3.03. The topological polar surface area (TPSA) is 50.9 Å². The molecule has 1 aromatic heterocycles. The third-order valence-electron chi connectivity index (χ3n) is 3.76. The summed E-state index contributed by atoms with van der Waals surface area (Å²) >= 11 is 0. The lowest BCUT2D eigenvalue weighted by atomic mass is 9.80. The van der Waals surface area contributed by atoms with Gasteiger partial charge < -0.3 is 11.1 Å². The normalized spacial score (nSPS) is 27.4. The molecule has 0 aromatic carbocycles. The van der Waals surface area contributed by atoms with E-state index in [-0.39, 0.29) is 11.7 Å². The maximum absolute atomic E-state index is 12.7. The second-order valence-corrected chi connectivity index (χ2v) is 5.91. The lowest BCUT2D eigenvalue weighted by Gasteiger charge is -2.33. The number of aromatic nitrogens is 1. The van der Waals surface area contributed by atoms with Gasteiger partial charge in [0.25, 0.3) is 0 Å². The Morgan fingerprint density at radius 2 is 1.80 bits per heavy atom. The number of alkyl halides is 3. The molecule has 6 heteroatoms. The van der Waals surface area contributed by atoms with Crippen LogP contribution >= 0.6 is 0 Å². The highest BCUT2D eigenvalue weighted by atomic mass is 19.4. The van der Waals surface area contributed by atoms with E-state index >= 15 is 0 Å². The van der Waals surface area contributed by atoms with Crippen LogP contribution in [0, 0.1) is 11.8 Å². The molecule has 112 valence electrons. The Labute approximate surface area is 116 Å². The van der Waals surface area contributed by atoms with E-state index in [0.29, 0.717) is 17.5 Å². The highest BCUT2D eigenvalue weighted by Crippen LogP contribution is 2.34. The molecule has 1 heterocycles. The van der Waals surface area contributed by atoms with E-state index in [1.54, 1.807) is 0 Å². The zero-order chi connectivity index (χ0) is 14.9. The fraction of sp³-hybridized carbons (Fsp3) is 0.643. The molecule has 1 aliphatic rings. The molecular weight excluding hydrogens is 267 g/mol. The number of nitrogen functional groups attached to an aromatic ring is 1. The fourth-order valence-electron chi connectivity index (χ4n) is 3.03. The minimum absolute atomic E-state index is 0.166. The summed E-state index contributed by atoms with van der Waals surface area (Å²) in [5.74, 6) is 1.14. The van der Waals surface area contributed by atoms with Gasteiger partial charge >= 0.3 is 6.18 Å². The molecular formula is C14H20F3N3. The van der Waals surface area contributed by atoms with Crippen LogP contribution in [0.3, 0.4) is 0 Å². The molecule has 2 unspecified atom stereocenters. The van der Waals surface area contributed by atoms with E-state index < -0.39 is 11.9 Å². The summed E-state index contributed by atoms with van der Waals surface area (Å²) in [6.45, 7) is 4.34. The molecule has 0 bridgehead atoms. The second-order valence-electron chi connectivity index (χ2n) is 5.91. The number of hydrogen-bond acceptors (Lipinski definition) is 3. The van der Waals surface area contributed by atoms with E-state index in [2.05, 4.69) is 24.1 Å². The van der Waals surface area contributed by atoms with Gasteiger partial charge in [0.15, 0.2) is 0 Å². The van der Waals surface area contributed by atoms with Crippen LogP contribution in [-0.2, 0) is 6.18 Å². The summed E-state index contributed by atoms with van der Waals surface area (Å²) < 4.78 is 38.0. The van der Waals surface area contributed by atoms with Crippen molar-refractivity contribution in [2.24, 2.45) is 11.8 Å². The van der Waals surface area contributed by atoms with Crippen LogP contribution in [0.5, 0.6) is 0 Å². The highest BCUT2D eigenvalue weighted by Gasteiger charge is 2.33. The Kier molecular flexibility index (Phi) is 4.11. The smallest absolute Gasteiger partial charge is 0.396 e. The third-order valence-corrected chi connectivity index (χ3v) is 3.76. The number of nitrogens with two attached hydrogens (primary N) is 1. The SMILES string of the molecule is CC1CC(C)CC(Nc2cc(C(F)(F)F)ncc2N)C1. The number of anilines is 2. The summed E-state index contributed by atoms with van der Waals surface area (Å²) in [6, 6.07) is 1.17. The van der Waals surface area contributed by atoms with Crippen LogP contribution in [0.15, 0.2) is 12.3 Å². The Balaban J connectivity index is 2.16. The molecule has 3 N–H and O–H groups in total. The highest BCUT2D eigenvalue weighted by molar-refractivity contribution is 5.65. The molecule has 1 aliphatic carbocycles. The molecule has 0 aliphatic heterocycles. The van der Waals surface area contributed by atoms with Gasteiger partial charge in [-0.05, 0) is 37.2 Å². The standard InChI is InChI=1S/C14H20F3N3/c1-8-3-9(2)5-10(4-8)20-12-6-13(14(15,16)17)19-7-11(12)18/h6-10H,3-5,18H2,1-2H3,(H,19,20). The molecule has 2 atom stereocenters. The van der Waals surface area contributed by atoms with Crippen molar-refractivity contribution in [1.82, 2.24) is 4.98 Å². The number of pyridine rings is 1. The first-order chi connectivity index (χ1) is 9.25. The first kappa shape index (κ1) is 14.9. The zero-order valence-corrected chi connectivity index (χ0v) is 11.7. The lowest BCUT2D eigenvalue weighted by molar-refractivity contribution is -0.141. The van der Waals surface area contributed by atoms with Crippen molar-refractivity contribution in [1.29, 1.82) is 0 Å². The van der Waals surface area contributed by atoms with Crippen LogP contribution in [-0.4, -0.2) is 11.0 Å². The van der Waals surface area contributed by atoms with Gasteiger partial charge in [-0.15, -0.1) is 0 Å². The summed E-state index contributed by atoms with van der Waals surface area (Å²) in [7, 11) is 0. The predicted octanol–water partition coefficient (Wildman–Crippen LogP) is 3.92. The van der Waals surface area contributed by atoms with Crippen LogP contribution in [0.1, 0.15) is 38.8 Å². The Morgan fingerprint density at radius 3 is 2.35 bits per heavy atom. The monoisotopic (exact) mass is 287 g/mol. The largest absolute Gasteiger partial charge is 0.433 e. The Bertz CT molecular complexity index is 463. The second kappa shape index (κ2) is 5.50. The van der Waals surface area contributed by atoms with Crippen molar-refractivity contribution in [2.75, 3.05) is 11.1 Å². The van der Waals surface area contributed by atoms with E-state index in [0.717, 1.165) is 31.5 Å². The maximum atomic E-state index is 12.7. The first-order valence-electron chi connectivity index (χ1n) is 6.85. The molecule has 0 amide bonds. The van der Waals surface area contributed by atoms with E-state index in [1.807, 2.05) is 0 Å². The van der Waals surface area contributed by atoms with E-state index in [9.17, 15) is 13.2 Å². The van der Waals surface area contributed by atoms with Crippen molar-refractivity contribution in [2.45, 2.75) is 45.3 Å². The molecule has 1 saturated carbocycles. The van der Waals surface area contributed by atoms with E-state index in [4.69, 9.17) is 5.73 Å². The van der Waals surface area contributed by atoms with Crippen LogP contribution in [0.4, 0.5) is 24.5 Å². The summed E-state index contributed by atoms with van der Waals surface area (Å²) in [4.78, 5) is 3.34. The van der Waals surface area contributed by atoms with Crippen LogP contribution in [0.25, 0.3) is 0 Å². The van der Waals surface area contributed by atoms with Gasteiger partial charge in [0, 0.05) is 6.04 Å².